The fourth-order valence-electron chi connectivity index (χ4n) is 1.89. The predicted octanol–water partition coefficient (Wildman–Crippen LogP) is 2.33. The van der Waals surface area contributed by atoms with E-state index in [0.717, 1.165) is 51.6 Å². The van der Waals surface area contributed by atoms with Crippen LogP contribution in [0.5, 0.6) is 0 Å². The number of aldehydes is 1. The van der Waals surface area contributed by atoms with E-state index >= 15 is 0 Å². The van der Waals surface area contributed by atoms with Gasteiger partial charge in [0.15, 0.2) is 0 Å². The van der Waals surface area contributed by atoms with Crippen molar-refractivity contribution >= 4 is 6.29 Å². The summed E-state index contributed by atoms with van der Waals surface area (Å²) < 4.78 is 11.3. The molecule has 0 N–H and O–H groups in total. The lowest BCUT2D eigenvalue weighted by molar-refractivity contribution is -0.108. The van der Waals surface area contributed by atoms with Crippen LogP contribution in [0.25, 0.3) is 0 Å². The Kier molecular flexibility index (Phi) is 6.60. The molecule has 0 spiro atoms. The third-order valence-corrected chi connectivity index (χ3v) is 2.81. The SMILES string of the molecule is CCC(CCCC=O)OC1CCCOC1. The zero-order valence-corrected chi connectivity index (χ0v) is 9.61. The Balaban J connectivity index is 2.16. The lowest BCUT2D eigenvalue weighted by Crippen LogP contribution is -2.29. The molecule has 3 nitrogen and oxygen atoms in total. The Morgan fingerprint density at radius 3 is 3.07 bits per heavy atom. The molecule has 2 atom stereocenters. The van der Waals surface area contributed by atoms with Gasteiger partial charge in [-0.3, -0.25) is 0 Å². The molecule has 0 saturated carbocycles. The number of carbonyl (C=O) groups excluding carboxylic acids is 1. The minimum Gasteiger partial charge on any atom is -0.379 e. The summed E-state index contributed by atoms with van der Waals surface area (Å²) in [5.74, 6) is 0. The molecule has 1 rings (SSSR count). The largest absolute Gasteiger partial charge is 0.379 e. The van der Waals surface area contributed by atoms with E-state index in [0.29, 0.717) is 12.5 Å². The zero-order valence-electron chi connectivity index (χ0n) is 9.61. The summed E-state index contributed by atoms with van der Waals surface area (Å²) in [7, 11) is 0. The number of carbonyl (C=O) groups is 1. The first-order valence-electron chi connectivity index (χ1n) is 6.03. The van der Waals surface area contributed by atoms with Gasteiger partial charge in [0.2, 0.25) is 0 Å². The van der Waals surface area contributed by atoms with Crippen LogP contribution in [-0.2, 0) is 14.3 Å². The Bertz CT molecular complexity index is 164. The van der Waals surface area contributed by atoms with E-state index in [1.165, 1.54) is 0 Å². The quantitative estimate of drug-likeness (QED) is 0.482. The van der Waals surface area contributed by atoms with Gasteiger partial charge in [-0.2, -0.15) is 0 Å². The highest BCUT2D eigenvalue weighted by atomic mass is 16.5. The summed E-state index contributed by atoms with van der Waals surface area (Å²) in [4.78, 5) is 10.2. The van der Waals surface area contributed by atoms with Gasteiger partial charge in [-0.15, -0.1) is 0 Å². The summed E-state index contributed by atoms with van der Waals surface area (Å²) in [6.07, 6.45) is 7.39. The molecule has 1 saturated heterocycles. The highest BCUT2D eigenvalue weighted by Gasteiger charge is 2.18. The van der Waals surface area contributed by atoms with Crippen LogP contribution in [0.2, 0.25) is 0 Å². The number of rotatable bonds is 7. The van der Waals surface area contributed by atoms with Crippen molar-refractivity contribution in [2.24, 2.45) is 0 Å². The lowest BCUT2D eigenvalue weighted by atomic mass is 10.1. The molecule has 0 amide bonds. The molecule has 0 aliphatic carbocycles. The average Bonchev–Trinajstić information content (AvgIpc) is 2.29. The van der Waals surface area contributed by atoms with Crippen molar-refractivity contribution in [2.45, 2.75) is 57.7 Å². The molecule has 0 bridgehead atoms. The van der Waals surface area contributed by atoms with Gasteiger partial charge in [0.25, 0.3) is 0 Å². The molecule has 3 heteroatoms. The van der Waals surface area contributed by atoms with Crippen LogP contribution >= 0.6 is 0 Å². The highest BCUT2D eigenvalue weighted by Crippen LogP contribution is 2.16. The summed E-state index contributed by atoms with van der Waals surface area (Å²) >= 11 is 0. The maximum absolute atomic E-state index is 10.2. The molecule has 2 unspecified atom stereocenters. The molecule has 88 valence electrons. The van der Waals surface area contributed by atoms with E-state index in [2.05, 4.69) is 6.92 Å². The number of hydrogen-bond acceptors (Lipinski definition) is 3. The zero-order chi connectivity index (χ0) is 10.9. The van der Waals surface area contributed by atoms with Crippen molar-refractivity contribution in [3.05, 3.63) is 0 Å². The molecule has 0 aromatic carbocycles. The summed E-state index contributed by atoms with van der Waals surface area (Å²) in [5, 5.41) is 0. The third kappa shape index (κ3) is 5.28. The normalized spacial score (nSPS) is 23.7. The van der Waals surface area contributed by atoms with E-state index in [1.807, 2.05) is 0 Å². The first-order valence-corrected chi connectivity index (χ1v) is 6.03. The Labute approximate surface area is 92.1 Å². The molecule has 0 aromatic heterocycles. The van der Waals surface area contributed by atoms with Crippen molar-refractivity contribution in [3.63, 3.8) is 0 Å². The number of ether oxygens (including phenoxy) is 2. The molecule has 0 radical (unpaired) electrons. The Morgan fingerprint density at radius 2 is 2.47 bits per heavy atom. The molecule has 0 aromatic rings. The van der Waals surface area contributed by atoms with Gasteiger partial charge >= 0.3 is 0 Å². The molecule has 1 aliphatic heterocycles. The molecule has 1 fully saturated rings. The van der Waals surface area contributed by atoms with Crippen LogP contribution < -0.4 is 0 Å². The molecule has 1 aliphatic rings. The predicted molar refractivity (Wildman–Crippen MR) is 58.9 cm³/mol. The van der Waals surface area contributed by atoms with Crippen LogP contribution in [0, 0.1) is 0 Å². The van der Waals surface area contributed by atoms with E-state index in [-0.39, 0.29) is 6.10 Å². The van der Waals surface area contributed by atoms with Gasteiger partial charge in [-0.25, -0.2) is 0 Å². The van der Waals surface area contributed by atoms with Gasteiger partial charge in [-0.1, -0.05) is 6.92 Å². The number of unbranched alkanes of at least 4 members (excludes halogenated alkanes) is 1. The van der Waals surface area contributed by atoms with Gasteiger partial charge in [-0.05, 0) is 32.1 Å². The maximum Gasteiger partial charge on any atom is 0.119 e. The second-order valence-corrected chi connectivity index (χ2v) is 4.10. The van der Waals surface area contributed by atoms with E-state index in [4.69, 9.17) is 9.47 Å². The van der Waals surface area contributed by atoms with Crippen LogP contribution in [0.1, 0.15) is 45.4 Å². The summed E-state index contributed by atoms with van der Waals surface area (Å²) in [6.45, 7) is 3.75. The van der Waals surface area contributed by atoms with Crippen molar-refractivity contribution in [1.82, 2.24) is 0 Å². The smallest absolute Gasteiger partial charge is 0.119 e. The second kappa shape index (κ2) is 7.83. The van der Waals surface area contributed by atoms with Crippen molar-refractivity contribution < 1.29 is 14.3 Å². The molecular weight excluding hydrogens is 192 g/mol. The first kappa shape index (κ1) is 12.7. The van der Waals surface area contributed by atoms with Crippen molar-refractivity contribution in [3.8, 4) is 0 Å². The molecule has 1 heterocycles. The minimum atomic E-state index is 0.278. The summed E-state index contributed by atoms with van der Waals surface area (Å²) in [6, 6.07) is 0. The van der Waals surface area contributed by atoms with Crippen LogP contribution in [0.3, 0.4) is 0 Å². The van der Waals surface area contributed by atoms with Crippen LogP contribution in [0.4, 0.5) is 0 Å². The first-order chi connectivity index (χ1) is 7.36. The van der Waals surface area contributed by atoms with Gasteiger partial charge in [0, 0.05) is 13.0 Å². The minimum absolute atomic E-state index is 0.278. The van der Waals surface area contributed by atoms with Gasteiger partial charge in [0.05, 0.1) is 18.8 Å². The second-order valence-electron chi connectivity index (χ2n) is 4.10. The van der Waals surface area contributed by atoms with Gasteiger partial charge < -0.3 is 14.3 Å². The monoisotopic (exact) mass is 214 g/mol. The van der Waals surface area contributed by atoms with Crippen LogP contribution in [0.15, 0.2) is 0 Å². The van der Waals surface area contributed by atoms with E-state index < -0.39 is 0 Å². The van der Waals surface area contributed by atoms with Gasteiger partial charge in [0.1, 0.15) is 6.29 Å². The Hall–Kier alpha value is -0.410. The topological polar surface area (TPSA) is 35.5 Å². The third-order valence-electron chi connectivity index (χ3n) is 2.81. The highest BCUT2D eigenvalue weighted by molar-refractivity contribution is 5.48. The van der Waals surface area contributed by atoms with Crippen LogP contribution in [-0.4, -0.2) is 31.7 Å². The fourth-order valence-corrected chi connectivity index (χ4v) is 1.89. The lowest BCUT2D eigenvalue weighted by Gasteiger charge is -2.27. The van der Waals surface area contributed by atoms with Crippen molar-refractivity contribution in [2.75, 3.05) is 13.2 Å². The summed E-state index contributed by atoms with van der Waals surface area (Å²) in [5.41, 5.74) is 0. The standard InChI is InChI=1S/C12H22O3/c1-2-11(6-3-4-8-13)15-12-7-5-9-14-10-12/h8,11-12H,2-7,9-10H2,1H3. The van der Waals surface area contributed by atoms with E-state index in [1.54, 1.807) is 0 Å². The van der Waals surface area contributed by atoms with Crippen molar-refractivity contribution in [1.29, 1.82) is 0 Å². The maximum atomic E-state index is 10.2. The molecular formula is C12H22O3. The molecule has 15 heavy (non-hydrogen) atoms. The Morgan fingerprint density at radius 1 is 1.60 bits per heavy atom. The number of hydrogen-bond donors (Lipinski definition) is 0. The average molecular weight is 214 g/mol. The fraction of sp³-hybridized carbons (Fsp3) is 0.917. The van der Waals surface area contributed by atoms with E-state index in [9.17, 15) is 4.79 Å².